The Bertz CT molecular complexity index is 653. The van der Waals surface area contributed by atoms with Crippen molar-refractivity contribution in [1.29, 1.82) is 0 Å². The third-order valence-electron chi connectivity index (χ3n) is 2.50. The fourth-order valence-corrected chi connectivity index (χ4v) is 2.33. The Morgan fingerprint density at radius 1 is 1.24 bits per heavy atom. The van der Waals surface area contributed by atoms with Gasteiger partial charge in [0.1, 0.15) is 5.75 Å². The van der Waals surface area contributed by atoms with Gasteiger partial charge in [0.2, 0.25) is 11.8 Å². The maximum atomic E-state index is 6.11. The highest BCUT2D eigenvalue weighted by Crippen LogP contribution is 2.36. The standard InChI is InChI=1S/C14H13BrCl2N2O2/c1-2-5-20-14-11(18)3-4-13(19-14)21-12-7-9(16)8(15)6-10(12)17/h3-4,6-7H,2,5,18H2,1H3. The second-order valence-corrected chi connectivity index (χ2v) is 5.86. The van der Waals surface area contributed by atoms with Gasteiger partial charge in [0, 0.05) is 16.6 Å². The van der Waals surface area contributed by atoms with Crippen LogP contribution < -0.4 is 15.2 Å². The molecular formula is C14H13BrCl2N2O2. The predicted molar refractivity (Wildman–Crippen MR) is 88.7 cm³/mol. The minimum atomic E-state index is 0.329. The predicted octanol–water partition coefficient (Wildman–Crippen LogP) is 5.31. The third kappa shape index (κ3) is 4.15. The zero-order valence-corrected chi connectivity index (χ0v) is 14.3. The number of anilines is 1. The smallest absolute Gasteiger partial charge is 0.240 e. The number of ether oxygens (including phenoxy) is 2. The molecule has 1 heterocycles. The summed E-state index contributed by atoms with van der Waals surface area (Å²) in [6.45, 7) is 2.53. The van der Waals surface area contributed by atoms with Crippen LogP contribution in [0.4, 0.5) is 5.69 Å². The van der Waals surface area contributed by atoms with Gasteiger partial charge in [-0.25, -0.2) is 0 Å². The molecule has 0 fully saturated rings. The van der Waals surface area contributed by atoms with Crippen LogP contribution >= 0.6 is 39.1 Å². The van der Waals surface area contributed by atoms with Crippen molar-refractivity contribution in [1.82, 2.24) is 4.98 Å². The van der Waals surface area contributed by atoms with Gasteiger partial charge in [-0.1, -0.05) is 30.1 Å². The van der Waals surface area contributed by atoms with Crippen LogP contribution in [0, 0.1) is 0 Å². The highest BCUT2D eigenvalue weighted by molar-refractivity contribution is 9.10. The molecule has 0 aliphatic rings. The van der Waals surface area contributed by atoms with Gasteiger partial charge in [-0.2, -0.15) is 4.98 Å². The van der Waals surface area contributed by atoms with Crippen molar-refractivity contribution >= 4 is 44.8 Å². The lowest BCUT2D eigenvalue weighted by Gasteiger charge is -2.11. The van der Waals surface area contributed by atoms with E-state index < -0.39 is 0 Å². The summed E-state index contributed by atoms with van der Waals surface area (Å²) in [4.78, 5) is 4.22. The van der Waals surface area contributed by atoms with Gasteiger partial charge < -0.3 is 15.2 Å². The molecule has 0 atom stereocenters. The Kier molecular flexibility index (Phi) is 5.56. The number of hydrogen-bond acceptors (Lipinski definition) is 4. The van der Waals surface area contributed by atoms with E-state index in [9.17, 15) is 0 Å². The Morgan fingerprint density at radius 3 is 2.71 bits per heavy atom. The van der Waals surface area contributed by atoms with Crippen LogP contribution in [0.5, 0.6) is 17.5 Å². The molecule has 0 radical (unpaired) electrons. The van der Waals surface area contributed by atoms with E-state index in [0.29, 0.717) is 44.3 Å². The lowest BCUT2D eigenvalue weighted by atomic mass is 10.3. The van der Waals surface area contributed by atoms with Crippen molar-refractivity contribution in [3.05, 3.63) is 38.8 Å². The minimum absolute atomic E-state index is 0.329. The van der Waals surface area contributed by atoms with Crippen molar-refractivity contribution in [2.45, 2.75) is 13.3 Å². The number of rotatable bonds is 5. The van der Waals surface area contributed by atoms with Crippen LogP contribution in [0.15, 0.2) is 28.7 Å². The molecule has 2 N–H and O–H groups in total. The van der Waals surface area contributed by atoms with Crippen LogP contribution in [0.25, 0.3) is 0 Å². The molecule has 0 spiro atoms. The Labute approximate surface area is 141 Å². The molecule has 0 saturated carbocycles. The van der Waals surface area contributed by atoms with Crippen LogP contribution in [0.1, 0.15) is 13.3 Å². The molecule has 21 heavy (non-hydrogen) atoms. The van der Waals surface area contributed by atoms with Crippen LogP contribution in [-0.2, 0) is 0 Å². The summed E-state index contributed by atoms with van der Waals surface area (Å²) in [5.41, 5.74) is 6.26. The first-order chi connectivity index (χ1) is 10.0. The molecule has 0 aliphatic heterocycles. The average molecular weight is 392 g/mol. The zero-order valence-electron chi connectivity index (χ0n) is 11.2. The number of nitrogen functional groups attached to an aromatic ring is 1. The molecule has 4 nitrogen and oxygen atoms in total. The first-order valence-corrected chi connectivity index (χ1v) is 7.78. The van der Waals surface area contributed by atoms with Crippen LogP contribution in [0.3, 0.4) is 0 Å². The topological polar surface area (TPSA) is 57.4 Å². The Morgan fingerprint density at radius 2 is 2.00 bits per heavy atom. The van der Waals surface area contributed by atoms with E-state index in [1.165, 1.54) is 0 Å². The largest absolute Gasteiger partial charge is 0.476 e. The van der Waals surface area contributed by atoms with Gasteiger partial charge in [-0.15, -0.1) is 0 Å². The first kappa shape index (κ1) is 16.2. The fourth-order valence-electron chi connectivity index (χ4n) is 1.50. The summed E-state index contributed by atoms with van der Waals surface area (Å²) >= 11 is 15.4. The minimum Gasteiger partial charge on any atom is -0.476 e. The highest BCUT2D eigenvalue weighted by Gasteiger charge is 2.10. The zero-order chi connectivity index (χ0) is 15.4. The van der Waals surface area contributed by atoms with Crippen LogP contribution in [-0.4, -0.2) is 11.6 Å². The molecule has 7 heteroatoms. The van der Waals surface area contributed by atoms with E-state index in [1.807, 2.05) is 6.92 Å². The molecule has 1 aromatic carbocycles. The van der Waals surface area contributed by atoms with E-state index in [4.69, 9.17) is 38.4 Å². The van der Waals surface area contributed by atoms with E-state index in [0.717, 1.165) is 6.42 Å². The molecule has 0 amide bonds. The fraction of sp³-hybridized carbons (Fsp3) is 0.214. The van der Waals surface area contributed by atoms with Gasteiger partial charge in [-0.3, -0.25) is 0 Å². The molecule has 0 aliphatic carbocycles. The maximum Gasteiger partial charge on any atom is 0.240 e. The molecule has 2 rings (SSSR count). The Hall–Kier alpha value is -1.17. The quantitative estimate of drug-likeness (QED) is 0.701. The number of nitrogens with zero attached hydrogens (tertiary/aromatic N) is 1. The first-order valence-electron chi connectivity index (χ1n) is 6.23. The van der Waals surface area contributed by atoms with E-state index in [-0.39, 0.29) is 0 Å². The van der Waals surface area contributed by atoms with Crippen molar-refractivity contribution in [2.24, 2.45) is 0 Å². The number of pyridine rings is 1. The lowest BCUT2D eigenvalue weighted by molar-refractivity contribution is 0.302. The number of hydrogen-bond donors (Lipinski definition) is 1. The van der Waals surface area contributed by atoms with Crippen molar-refractivity contribution in [3.8, 4) is 17.5 Å². The second kappa shape index (κ2) is 7.20. The number of nitrogens with two attached hydrogens (primary N) is 1. The summed E-state index contributed by atoms with van der Waals surface area (Å²) in [5.74, 6) is 1.08. The molecular weight excluding hydrogens is 379 g/mol. The lowest BCUT2D eigenvalue weighted by Crippen LogP contribution is -2.02. The SMILES string of the molecule is CCCOc1nc(Oc2cc(Cl)c(Br)cc2Cl)ccc1N. The summed E-state index contributed by atoms with van der Waals surface area (Å²) in [6.07, 6.45) is 0.861. The molecule has 1 aromatic heterocycles. The molecule has 0 saturated heterocycles. The molecule has 112 valence electrons. The van der Waals surface area contributed by atoms with Gasteiger partial charge in [0.25, 0.3) is 0 Å². The summed E-state index contributed by atoms with van der Waals surface area (Å²) in [6, 6.07) is 6.58. The summed E-state index contributed by atoms with van der Waals surface area (Å²) in [5, 5.41) is 0.910. The van der Waals surface area contributed by atoms with Gasteiger partial charge in [0.05, 0.1) is 22.3 Å². The van der Waals surface area contributed by atoms with Crippen LogP contribution in [0.2, 0.25) is 10.0 Å². The van der Waals surface area contributed by atoms with Gasteiger partial charge >= 0.3 is 0 Å². The third-order valence-corrected chi connectivity index (χ3v) is 3.99. The molecule has 0 unspecified atom stereocenters. The summed E-state index contributed by atoms with van der Waals surface area (Å²) in [7, 11) is 0. The second-order valence-electron chi connectivity index (χ2n) is 4.19. The monoisotopic (exact) mass is 390 g/mol. The highest BCUT2D eigenvalue weighted by atomic mass is 79.9. The number of halogens is 3. The summed E-state index contributed by atoms with van der Waals surface area (Å²) < 4.78 is 11.8. The van der Waals surface area contributed by atoms with Gasteiger partial charge in [0.15, 0.2) is 0 Å². The van der Waals surface area contributed by atoms with Crippen molar-refractivity contribution in [3.63, 3.8) is 0 Å². The van der Waals surface area contributed by atoms with Gasteiger partial charge in [-0.05, 0) is 34.5 Å². The normalized spacial score (nSPS) is 10.5. The maximum absolute atomic E-state index is 6.11. The van der Waals surface area contributed by atoms with E-state index >= 15 is 0 Å². The number of benzene rings is 1. The van der Waals surface area contributed by atoms with Crippen molar-refractivity contribution in [2.75, 3.05) is 12.3 Å². The molecule has 0 bridgehead atoms. The molecule has 2 aromatic rings. The van der Waals surface area contributed by atoms with E-state index in [1.54, 1.807) is 24.3 Å². The Balaban J connectivity index is 2.25. The van der Waals surface area contributed by atoms with Crippen molar-refractivity contribution < 1.29 is 9.47 Å². The average Bonchev–Trinajstić information content (AvgIpc) is 2.45. The van der Waals surface area contributed by atoms with E-state index in [2.05, 4.69) is 20.9 Å². The number of aromatic nitrogens is 1.